The van der Waals surface area contributed by atoms with E-state index in [1.165, 1.54) is 5.56 Å². The van der Waals surface area contributed by atoms with Crippen LogP contribution in [0.2, 0.25) is 0 Å². The zero-order valence-corrected chi connectivity index (χ0v) is 15.3. The van der Waals surface area contributed by atoms with Gasteiger partial charge in [-0.1, -0.05) is 30.3 Å². The summed E-state index contributed by atoms with van der Waals surface area (Å²) in [5.41, 5.74) is 3.86. The van der Waals surface area contributed by atoms with Crippen LogP contribution >= 0.6 is 0 Å². The number of hydrogen-bond donors (Lipinski definition) is 2. The molecule has 0 spiro atoms. The molecule has 1 saturated heterocycles. The second kappa shape index (κ2) is 8.26. The standard InChI is InChI=1S/C20H24N6O/c27-17(7-6-15-4-2-1-3-5-15)22-12-13-26-20-19(23-10-11-24-20)18(25-26)16-8-9-21-14-16/h1-5,10-11,16,21H,6-9,12-14H2,(H,22,27). The van der Waals surface area contributed by atoms with Crippen molar-refractivity contribution < 1.29 is 4.79 Å². The number of aryl methyl sites for hydroxylation is 1. The molecule has 0 radical (unpaired) electrons. The van der Waals surface area contributed by atoms with Gasteiger partial charge in [-0.3, -0.25) is 4.79 Å². The molecule has 1 aliphatic rings. The molecule has 1 unspecified atom stereocenters. The molecule has 1 fully saturated rings. The Morgan fingerprint density at radius 1 is 1.22 bits per heavy atom. The number of fused-ring (bicyclic) bond motifs is 1. The molecule has 140 valence electrons. The molecule has 3 aromatic rings. The lowest BCUT2D eigenvalue weighted by Crippen LogP contribution is -2.27. The van der Waals surface area contributed by atoms with E-state index < -0.39 is 0 Å². The Kier molecular flexibility index (Phi) is 5.39. The van der Waals surface area contributed by atoms with E-state index in [1.54, 1.807) is 12.4 Å². The van der Waals surface area contributed by atoms with Gasteiger partial charge in [-0.25, -0.2) is 14.6 Å². The van der Waals surface area contributed by atoms with Gasteiger partial charge >= 0.3 is 0 Å². The third-order valence-electron chi connectivity index (χ3n) is 4.97. The second-order valence-corrected chi connectivity index (χ2v) is 6.86. The summed E-state index contributed by atoms with van der Waals surface area (Å²) >= 11 is 0. The number of carbonyl (C=O) groups excluding carboxylic acids is 1. The summed E-state index contributed by atoms with van der Waals surface area (Å²) in [5.74, 6) is 0.438. The van der Waals surface area contributed by atoms with E-state index in [2.05, 4.69) is 20.6 Å². The topological polar surface area (TPSA) is 84.7 Å². The van der Waals surface area contributed by atoms with E-state index in [1.807, 2.05) is 35.0 Å². The fraction of sp³-hybridized carbons (Fsp3) is 0.400. The normalized spacial score (nSPS) is 16.7. The summed E-state index contributed by atoms with van der Waals surface area (Å²) in [6.07, 6.45) is 5.71. The number of nitrogens with one attached hydrogen (secondary N) is 2. The van der Waals surface area contributed by atoms with Crippen LogP contribution in [-0.2, 0) is 17.8 Å². The highest BCUT2D eigenvalue weighted by molar-refractivity contribution is 5.76. The van der Waals surface area contributed by atoms with Gasteiger partial charge in [-0.15, -0.1) is 0 Å². The molecule has 7 nitrogen and oxygen atoms in total. The van der Waals surface area contributed by atoms with E-state index in [0.29, 0.717) is 25.4 Å². The lowest BCUT2D eigenvalue weighted by molar-refractivity contribution is -0.121. The van der Waals surface area contributed by atoms with Crippen LogP contribution in [0.3, 0.4) is 0 Å². The molecule has 27 heavy (non-hydrogen) atoms. The van der Waals surface area contributed by atoms with Gasteiger partial charge in [0, 0.05) is 37.8 Å². The van der Waals surface area contributed by atoms with E-state index in [0.717, 1.165) is 42.8 Å². The predicted octanol–water partition coefficient (Wildman–Crippen LogP) is 1.65. The average Bonchev–Trinajstić information content (AvgIpc) is 3.35. The van der Waals surface area contributed by atoms with Gasteiger partial charge in [-0.05, 0) is 24.9 Å². The number of carbonyl (C=O) groups is 1. The molecule has 0 bridgehead atoms. The molecule has 1 aliphatic heterocycles. The smallest absolute Gasteiger partial charge is 0.220 e. The highest BCUT2D eigenvalue weighted by atomic mass is 16.1. The molecule has 1 atom stereocenters. The quantitative estimate of drug-likeness (QED) is 0.666. The fourth-order valence-electron chi connectivity index (χ4n) is 3.54. The largest absolute Gasteiger partial charge is 0.354 e. The van der Waals surface area contributed by atoms with Crippen LogP contribution in [0.5, 0.6) is 0 Å². The van der Waals surface area contributed by atoms with Crippen LogP contribution < -0.4 is 10.6 Å². The van der Waals surface area contributed by atoms with Crippen molar-refractivity contribution in [1.82, 2.24) is 30.4 Å². The Hall–Kier alpha value is -2.80. The molecular weight excluding hydrogens is 340 g/mol. The molecule has 2 aromatic heterocycles. The lowest BCUT2D eigenvalue weighted by atomic mass is 10.0. The van der Waals surface area contributed by atoms with Crippen LogP contribution in [0.25, 0.3) is 11.2 Å². The second-order valence-electron chi connectivity index (χ2n) is 6.86. The number of amides is 1. The number of rotatable bonds is 7. The van der Waals surface area contributed by atoms with Gasteiger partial charge in [-0.2, -0.15) is 5.10 Å². The molecule has 0 saturated carbocycles. The minimum atomic E-state index is 0.0571. The Morgan fingerprint density at radius 3 is 2.89 bits per heavy atom. The number of hydrogen-bond acceptors (Lipinski definition) is 5. The van der Waals surface area contributed by atoms with Crippen molar-refractivity contribution >= 4 is 17.1 Å². The molecule has 3 heterocycles. The van der Waals surface area contributed by atoms with Crippen LogP contribution in [-0.4, -0.2) is 45.3 Å². The predicted molar refractivity (Wildman–Crippen MR) is 103 cm³/mol. The van der Waals surface area contributed by atoms with Gasteiger partial charge in [0.25, 0.3) is 0 Å². The molecule has 1 aromatic carbocycles. The van der Waals surface area contributed by atoms with Crippen LogP contribution in [0.1, 0.15) is 30.0 Å². The van der Waals surface area contributed by atoms with Gasteiger partial charge in [0.1, 0.15) is 5.52 Å². The maximum absolute atomic E-state index is 12.1. The maximum atomic E-state index is 12.1. The summed E-state index contributed by atoms with van der Waals surface area (Å²) in [4.78, 5) is 21.1. The fourth-order valence-corrected chi connectivity index (χ4v) is 3.54. The summed E-state index contributed by atoms with van der Waals surface area (Å²) in [7, 11) is 0. The third-order valence-corrected chi connectivity index (χ3v) is 4.97. The first-order valence-corrected chi connectivity index (χ1v) is 9.50. The Balaban J connectivity index is 1.35. The number of aromatic nitrogens is 4. The summed E-state index contributed by atoms with van der Waals surface area (Å²) < 4.78 is 1.87. The maximum Gasteiger partial charge on any atom is 0.220 e. The highest BCUT2D eigenvalue weighted by Crippen LogP contribution is 2.26. The Labute approximate surface area is 158 Å². The van der Waals surface area contributed by atoms with E-state index >= 15 is 0 Å². The van der Waals surface area contributed by atoms with Crippen molar-refractivity contribution in [2.45, 2.75) is 31.7 Å². The SMILES string of the molecule is O=C(CCc1ccccc1)NCCn1nc(C2CCNC2)c2nccnc21. The molecule has 1 amide bonds. The van der Waals surface area contributed by atoms with Crippen LogP contribution in [0, 0.1) is 0 Å². The Morgan fingerprint density at radius 2 is 2.07 bits per heavy atom. The Bertz CT molecular complexity index is 901. The van der Waals surface area contributed by atoms with E-state index in [-0.39, 0.29) is 5.91 Å². The average molecular weight is 364 g/mol. The van der Waals surface area contributed by atoms with Crippen molar-refractivity contribution in [2.75, 3.05) is 19.6 Å². The van der Waals surface area contributed by atoms with Crippen molar-refractivity contribution in [3.05, 3.63) is 54.0 Å². The van der Waals surface area contributed by atoms with E-state index in [4.69, 9.17) is 5.10 Å². The minimum absolute atomic E-state index is 0.0571. The van der Waals surface area contributed by atoms with Crippen molar-refractivity contribution in [2.24, 2.45) is 0 Å². The van der Waals surface area contributed by atoms with Crippen molar-refractivity contribution in [3.8, 4) is 0 Å². The zero-order chi connectivity index (χ0) is 18.5. The van der Waals surface area contributed by atoms with Crippen LogP contribution in [0.15, 0.2) is 42.7 Å². The molecule has 2 N–H and O–H groups in total. The van der Waals surface area contributed by atoms with E-state index in [9.17, 15) is 4.79 Å². The zero-order valence-electron chi connectivity index (χ0n) is 15.3. The summed E-state index contributed by atoms with van der Waals surface area (Å²) in [5, 5.41) is 11.1. The molecule has 7 heteroatoms. The van der Waals surface area contributed by atoms with Crippen LogP contribution in [0.4, 0.5) is 0 Å². The molecular formula is C20H24N6O. The van der Waals surface area contributed by atoms with Gasteiger partial charge in [0.05, 0.1) is 12.2 Å². The lowest BCUT2D eigenvalue weighted by Gasteiger charge is -2.06. The van der Waals surface area contributed by atoms with Crippen molar-refractivity contribution in [1.29, 1.82) is 0 Å². The first-order valence-electron chi connectivity index (χ1n) is 9.50. The van der Waals surface area contributed by atoms with Crippen molar-refractivity contribution in [3.63, 3.8) is 0 Å². The third kappa shape index (κ3) is 4.14. The van der Waals surface area contributed by atoms with Gasteiger partial charge in [0.15, 0.2) is 5.65 Å². The van der Waals surface area contributed by atoms with Gasteiger partial charge < -0.3 is 10.6 Å². The molecule has 4 rings (SSSR count). The first kappa shape index (κ1) is 17.6. The highest BCUT2D eigenvalue weighted by Gasteiger charge is 2.24. The minimum Gasteiger partial charge on any atom is -0.354 e. The number of benzene rings is 1. The summed E-state index contributed by atoms with van der Waals surface area (Å²) in [6, 6.07) is 10.1. The molecule has 0 aliphatic carbocycles. The first-order chi connectivity index (χ1) is 13.3. The number of nitrogens with zero attached hydrogens (tertiary/aromatic N) is 4. The van der Waals surface area contributed by atoms with Gasteiger partial charge in [0.2, 0.25) is 5.91 Å². The monoisotopic (exact) mass is 364 g/mol. The summed E-state index contributed by atoms with van der Waals surface area (Å²) in [6.45, 7) is 3.06.